The van der Waals surface area contributed by atoms with Crippen molar-refractivity contribution in [3.8, 4) is 17.6 Å². The van der Waals surface area contributed by atoms with Gasteiger partial charge in [-0.05, 0) is 18.2 Å². The van der Waals surface area contributed by atoms with Gasteiger partial charge in [0.2, 0.25) is 0 Å². The summed E-state index contributed by atoms with van der Waals surface area (Å²) in [5, 5.41) is 0. The van der Waals surface area contributed by atoms with Crippen LogP contribution in [0.1, 0.15) is 22.3 Å². The molecule has 0 radical (unpaired) electrons. The van der Waals surface area contributed by atoms with Crippen LogP contribution in [-0.4, -0.2) is 26.5 Å². The molecule has 0 amide bonds. The van der Waals surface area contributed by atoms with Gasteiger partial charge in [-0.2, -0.15) is 0 Å². The summed E-state index contributed by atoms with van der Waals surface area (Å²) in [5.41, 5.74) is 0.992. The van der Waals surface area contributed by atoms with Crippen LogP contribution < -0.4 is 4.74 Å². The van der Waals surface area contributed by atoms with Crippen molar-refractivity contribution < 1.29 is 19.1 Å². The topological polar surface area (TPSA) is 52.6 Å². The molecule has 17 heavy (non-hydrogen) atoms. The van der Waals surface area contributed by atoms with Gasteiger partial charge >= 0.3 is 5.97 Å². The minimum Gasteiger partial charge on any atom is -0.497 e. The third-order valence-electron chi connectivity index (χ3n) is 2.07. The van der Waals surface area contributed by atoms with Crippen molar-refractivity contribution in [3.63, 3.8) is 0 Å². The molecule has 0 saturated heterocycles. The maximum absolute atomic E-state index is 10.9. The Labute approximate surface area is 99.5 Å². The second kappa shape index (κ2) is 6.33. The molecular weight excluding hydrogens is 220 g/mol. The van der Waals surface area contributed by atoms with Gasteiger partial charge in [0.05, 0.1) is 14.2 Å². The monoisotopic (exact) mass is 232 g/mol. The molecular formula is C13H12O4. The molecule has 1 aromatic rings. The largest absolute Gasteiger partial charge is 0.497 e. The van der Waals surface area contributed by atoms with E-state index in [0.717, 1.165) is 0 Å². The Bertz CT molecular complexity index is 480. The molecule has 0 aliphatic rings. The number of methoxy groups -OCH3 is 2. The van der Waals surface area contributed by atoms with Crippen LogP contribution >= 0.6 is 0 Å². The second-order valence-corrected chi connectivity index (χ2v) is 3.13. The number of carbonyl (C=O) groups excluding carboxylic acids is 2. The van der Waals surface area contributed by atoms with Gasteiger partial charge in [-0.25, -0.2) is 0 Å². The molecule has 1 rings (SSSR count). The molecule has 0 bridgehead atoms. The number of ether oxygens (including phenoxy) is 2. The lowest BCUT2D eigenvalue weighted by Gasteiger charge is -2.01. The minimum absolute atomic E-state index is 0.00793. The van der Waals surface area contributed by atoms with Crippen LogP contribution in [-0.2, 0) is 9.53 Å². The van der Waals surface area contributed by atoms with E-state index >= 15 is 0 Å². The molecule has 0 saturated carbocycles. The molecule has 0 aliphatic heterocycles. The Kier molecular flexibility index (Phi) is 4.77. The van der Waals surface area contributed by atoms with E-state index in [2.05, 4.69) is 16.6 Å². The predicted octanol–water partition coefficient (Wildman–Crippen LogP) is 1.42. The average molecular weight is 232 g/mol. The van der Waals surface area contributed by atoms with E-state index in [0.29, 0.717) is 23.2 Å². The summed E-state index contributed by atoms with van der Waals surface area (Å²) in [5.74, 6) is 5.58. The third kappa shape index (κ3) is 3.65. The lowest BCUT2D eigenvalue weighted by atomic mass is 10.1. The first-order valence-electron chi connectivity index (χ1n) is 4.90. The maximum atomic E-state index is 10.9. The molecule has 0 heterocycles. The fraction of sp³-hybridized carbons (Fsp3) is 0.231. The zero-order chi connectivity index (χ0) is 12.7. The molecule has 0 aromatic heterocycles. The van der Waals surface area contributed by atoms with Gasteiger partial charge in [0.15, 0.2) is 6.29 Å². The SMILES string of the molecule is COC(=O)CC#Cc1cc(OC)ccc1C=O. The highest BCUT2D eigenvalue weighted by Crippen LogP contribution is 2.15. The highest BCUT2D eigenvalue weighted by Gasteiger charge is 2.01. The Morgan fingerprint density at radius 2 is 2.18 bits per heavy atom. The van der Waals surface area contributed by atoms with Crippen molar-refractivity contribution in [3.05, 3.63) is 29.3 Å². The maximum Gasteiger partial charge on any atom is 0.317 e. The number of carbonyl (C=O) groups is 2. The highest BCUT2D eigenvalue weighted by atomic mass is 16.5. The fourth-order valence-electron chi connectivity index (χ4n) is 1.16. The molecule has 4 heteroatoms. The first kappa shape index (κ1) is 12.8. The van der Waals surface area contributed by atoms with E-state index in [-0.39, 0.29) is 6.42 Å². The quantitative estimate of drug-likeness (QED) is 0.449. The Morgan fingerprint density at radius 3 is 2.76 bits per heavy atom. The number of rotatable bonds is 3. The lowest BCUT2D eigenvalue weighted by molar-refractivity contribution is -0.139. The van der Waals surface area contributed by atoms with Crippen molar-refractivity contribution in [1.82, 2.24) is 0 Å². The summed E-state index contributed by atoms with van der Waals surface area (Å²) in [4.78, 5) is 21.6. The molecule has 1 aromatic carbocycles. The fourth-order valence-corrected chi connectivity index (χ4v) is 1.16. The van der Waals surface area contributed by atoms with Crippen LogP contribution in [0.4, 0.5) is 0 Å². The van der Waals surface area contributed by atoms with Crippen LogP contribution in [0, 0.1) is 11.8 Å². The van der Waals surface area contributed by atoms with Crippen LogP contribution in [0.2, 0.25) is 0 Å². The lowest BCUT2D eigenvalue weighted by Crippen LogP contribution is -1.97. The van der Waals surface area contributed by atoms with E-state index in [1.54, 1.807) is 18.2 Å². The number of aldehydes is 1. The number of hydrogen-bond donors (Lipinski definition) is 0. The van der Waals surface area contributed by atoms with Gasteiger partial charge in [0.25, 0.3) is 0 Å². The van der Waals surface area contributed by atoms with Gasteiger partial charge < -0.3 is 9.47 Å². The van der Waals surface area contributed by atoms with E-state index < -0.39 is 5.97 Å². The molecule has 0 atom stereocenters. The summed E-state index contributed by atoms with van der Waals surface area (Å²) in [6.07, 6.45) is 0.702. The van der Waals surface area contributed by atoms with Crippen molar-refractivity contribution in [2.75, 3.05) is 14.2 Å². The molecule has 0 fully saturated rings. The van der Waals surface area contributed by atoms with Crippen molar-refractivity contribution in [2.24, 2.45) is 0 Å². The molecule has 4 nitrogen and oxygen atoms in total. The first-order valence-corrected chi connectivity index (χ1v) is 4.90. The third-order valence-corrected chi connectivity index (χ3v) is 2.07. The predicted molar refractivity (Wildman–Crippen MR) is 61.9 cm³/mol. The van der Waals surface area contributed by atoms with E-state index in [4.69, 9.17) is 4.74 Å². The normalized spacial score (nSPS) is 8.82. The molecule has 0 unspecified atom stereocenters. The zero-order valence-electron chi connectivity index (χ0n) is 9.65. The van der Waals surface area contributed by atoms with E-state index in [9.17, 15) is 9.59 Å². The number of esters is 1. The zero-order valence-corrected chi connectivity index (χ0v) is 9.65. The van der Waals surface area contributed by atoms with Crippen LogP contribution in [0.5, 0.6) is 5.75 Å². The standard InChI is InChI=1S/C13H12O4/c1-16-12-7-6-11(9-14)10(8-12)4-3-5-13(15)17-2/h6-9H,5H2,1-2H3. The number of hydrogen-bond acceptors (Lipinski definition) is 4. The van der Waals surface area contributed by atoms with Crippen molar-refractivity contribution >= 4 is 12.3 Å². The summed E-state index contributed by atoms with van der Waals surface area (Å²) in [6, 6.07) is 4.94. The Balaban J connectivity index is 2.94. The molecule has 0 spiro atoms. The van der Waals surface area contributed by atoms with E-state index in [1.165, 1.54) is 14.2 Å². The highest BCUT2D eigenvalue weighted by molar-refractivity contribution is 5.80. The first-order chi connectivity index (χ1) is 8.21. The van der Waals surface area contributed by atoms with Crippen LogP contribution in [0.25, 0.3) is 0 Å². The van der Waals surface area contributed by atoms with Crippen molar-refractivity contribution in [1.29, 1.82) is 0 Å². The van der Waals surface area contributed by atoms with Gasteiger partial charge in [0.1, 0.15) is 12.2 Å². The average Bonchev–Trinajstić information content (AvgIpc) is 2.38. The summed E-state index contributed by atoms with van der Waals surface area (Å²) in [6.45, 7) is 0. The minimum atomic E-state index is -0.409. The molecule has 88 valence electrons. The summed E-state index contributed by atoms with van der Waals surface area (Å²) in [7, 11) is 2.83. The molecule has 0 aliphatic carbocycles. The van der Waals surface area contributed by atoms with Crippen molar-refractivity contribution in [2.45, 2.75) is 6.42 Å². The van der Waals surface area contributed by atoms with Gasteiger partial charge in [0, 0.05) is 11.1 Å². The van der Waals surface area contributed by atoms with Gasteiger partial charge in [-0.3, -0.25) is 9.59 Å². The van der Waals surface area contributed by atoms with Crippen LogP contribution in [0.15, 0.2) is 18.2 Å². The Hall–Kier alpha value is -2.28. The Morgan fingerprint density at radius 1 is 1.41 bits per heavy atom. The smallest absolute Gasteiger partial charge is 0.317 e. The van der Waals surface area contributed by atoms with E-state index in [1.807, 2.05) is 0 Å². The summed E-state index contributed by atoms with van der Waals surface area (Å²) < 4.78 is 9.48. The molecule has 0 N–H and O–H groups in total. The summed E-state index contributed by atoms with van der Waals surface area (Å²) >= 11 is 0. The van der Waals surface area contributed by atoms with Crippen LogP contribution in [0.3, 0.4) is 0 Å². The second-order valence-electron chi connectivity index (χ2n) is 3.13. The van der Waals surface area contributed by atoms with Gasteiger partial charge in [-0.1, -0.05) is 11.8 Å². The van der Waals surface area contributed by atoms with Gasteiger partial charge in [-0.15, -0.1) is 0 Å². The number of benzene rings is 1.